The number of halogens is 1. The lowest BCUT2D eigenvalue weighted by molar-refractivity contribution is 0.0977. The number of Topliss-reactive ketones (excluding diaryl/α,β-unsaturated/α-hetero) is 1. The maximum atomic E-state index is 12.4. The molecule has 0 radical (unpaired) electrons. The molecule has 2 rings (SSSR count). The summed E-state index contributed by atoms with van der Waals surface area (Å²) in [6.07, 6.45) is 1.40. The Kier molecular flexibility index (Phi) is 4.26. The number of carbonyl (C=O) groups excluding carboxylic acids is 1. The van der Waals surface area contributed by atoms with Crippen LogP contribution in [-0.4, -0.2) is 12.9 Å². The fraction of sp³-hybridized carbons (Fsp3) is 0.200. The number of carbonyl (C=O) groups is 1. The van der Waals surface area contributed by atoms with Gasteiger partial charge in [-0.15, -0.1) is 0 Å². The Balaban J connectivity index is 2.41. The monoisotopic (exact) mass is 333 g/mol. The molecule has 4 nitrogen and oxygen atoms in total. The van der Waals surface area contributed by atoms with Crippen LogP contribution in [0.25, 0.3) is 0 Å². The van der Waals surface area contributed by atoms with Crippen molar-refractivity contribution in [2.45, 2.75) is 12.8 Å². The van der Waals surface area contributed by atoms with Gasteiger partial charge in [0.2, 0.25) is 0 Å². The van der Waals surface area contributed by atoms with E-state index in [0.717, 1.165) is 5.56 Å². The highest BCUT2D eigenvalue weighted by Gasteiger charge is 2.25. The Hall–Kier alpha value is -2.06. The predicted octanol–water partition coefficient (Wildman–Crippen LogP) is 3.85. The number of furan rings is 1. The van der Waals surface area contributed by atoms with E-state index in [1.807, 2.05) is 19.1 Å². The highest BCUT2D eigenvalue weighted by molar-refractivity contribution is 9.10. The maximum Gasteiger partial charge on any atom is 0.188 e. The van der Waals surface area contributed by atoms with Gasteiger partial charge in [0.25, 0.3) is 0 Å². The smallest absolute Gasteiger partial charge is 0.188 e. The minimum Gasteiger partial charge on any atom is -0.496 e. The van der Waals surface area contributed by atoms with Gasteiger partial charge in [0.05, 0.1) is 25.0 Å². The molecule has 1 heterocycles. The van der Waals surface area contributed by atoms with Crippen molar-refractivity contribution >= 4 is 21.7 Å². The number of benzene rings is 1. The molecule has 0 saturated carbocycles. The van der Waals surface area contributed by atoms with E-state index in [4.69, 9.17) is 9.15 Å². The number of ketones is 1. The van der Waals surface area contributed by atoms with Crippen molar-refractivity contribution in [3.8, 4) is 11.8 Å². The fourth-order valence-corrected chi connectivity index (χ4v) is 2.36. The average Bonchev–Trinajstić information content (AvgIpc) is 2.87. The van der Waals surface area contributed by atoms with Crippen molar-refractivity contribution < 1.29 is 13.9 Å². The van der Waals surface area contributed by atoms with Gasteiger partial charge in [0.15, 0.2) is 10.5 Å². The molecule has 0 aliphatic heterocycles. The van der Waals surface area contributed by atoms with Gasteiger partial charge in [-0.3, -0.25) is 4.79 Å². The first kappa shape index (κ1) is 14.4. The lowest BCUT2D eigenvalue weighted by Crippen LogP contribution is -2.11. The second-order valence-corrected chi connectivity index (χ2v) is 4.98. The van der Waals surface area contributed by atoms with E-state index >= 15 is 0 Å². The van der Waals surface area contributed by atoms with E-state index in [9.17, 15) is 10.1 Å². The van der Waals surface area contributed by atoms with Gasteiger partial charge in [-0.25, -0.2) is 0 Å². The summed E-state index contributed by atoms with van der Waals surface area (Å²) in [5.41, 5.74) is 1.91. The SMILES string of the molecule is COc1cc(C(C#N)C(=O)c2ccoc2Br)ccc1C. The molecule has 0 saturated heterocycles. The third-order valence-corrected chi connectivity index (χ3v) is 3.65. The minimum absolute atomic E-state index is 0.306. The summed E-state index contributed by atoms with van der Waals surface area (Å²) in [6, 6.07) is 8.89. The Labute approximate surface area is 125 Å². The average molecular weight is 334 g/mol. The maximum absolute atomic E-state index is 12.4. The van der Waals surface area contributed by atoms with Crippen LogP contribution in [0.2, 0.25) is 0 Å². The number of methoxy groups -OCH3 is 1. The van der Waals surface area contributed by atoms with Crippen LogP contribution in [0.3, 0.4) is 0 Å². The van der Waals surface area contributed by atoms with Crippen LogP contribution in [0.1, 0.15) is 27.4 Å². The second-order valence-electron chi connectivity index (χ2n) is 4.26. The van der Waals surface area contributed by atoms with Crippen molar-refractivity contribution in [2.24, 2.45) is 0 Å². The topological polar surface area (TPSA) is 63.2 Å². The Bertz CT molecular complexity index is 685. The molecule has 1 aromatic heterocycles. The van der Waals surface area contributed by atoms with Crippen molar-refractivity contribution in [2.75, 3.05) is 7.11 Å². The van der Waals surface area contributed by atoms with Gasteiger partial charge in [-0.1, -0.05) is 12.1 Å². The lowest BCUT2D eigenvalue weighted by Gasteiger charge is -2.11. The summed E-state index contributed by atoms with van der Waals surface area (Å²) in [5.74, 6) is -0.542. The zero-order valence-electron chi connectivity index (χ0n) is 11.0. The van der Waals surface area contributed by atoms with Crippen LogP contribution in [0.15, 0.2) is 39.6 Å². The Morgan fingerprint density at radius 3 is 2.75 bits per heavy atom. The van der Waals surface area contributed by atoms with E-state index in [-0.39, 0.29) is 5.78 Å². The van der Waals surface area contributed by atoms with E-state index in [1.165, 1.54) is 6.26 Å². The molecule has 0 N–H and O–H groups in total. The number of hydrogen-bond acceptors (Lipinski definition) is 4. The first-order chi connectivity index (χ1) is 9.58. The first-order valence-corrected chi connectivity index (χ1v) is 6.69. The summed E-state index contributed by atoms with van der Waals surface area (Å²) >= 11 is 3.16. The minimum atomic E-state index is -0.890. The summed E-state index contributed by atoms with van der Waals surface area (Å²) < 4.78 is 10.6. The zero-order chi connectivity index (χ0) is 14.7. The first-order valence-electron chi connectivity index (χ1n) is 5.89. The number of ether oxygens (including phenoxy) is 1. The van der Waals surface area contributed by atoms with Crippen LogP contribution in [0.4, 0.5) is 0 Å². The number of rotatable bonds is 4. The van der Waals surface area contributed by atoms with Crippen LogP contribution < -0.4 is 4.74 Å². The Morgan fingerprint density at radius 1 is 1.45 bits per heavy atom. The van der Waals surface area contributed by atoms with Gasteiger partial charge >= 0.3 is 0 Å². The molecule has 20 heavy (non-hydrogen) atoms. The lowest BCUT2D eigenvalue weighted by atomic mass is 9.92. The summed E-state index contributed by atoms with van der Waals surface area (Å²) in [5, 5.41) is 9.31. The van der Waals surface area contributed by atoms with Crippen molar-refractivity contribution in [3.05, 3.63) is 51.9 Å². The predicted molar refractivity (Wildman–Crippen MR) is 76.8 cm³/mol. The molecule has 1 atom stereocenters. The molecule has 0 amide bonds. The molecule has 1 unspecified atom stereocenters. The molecule has 0 aliphatic rings. The van der Waals surface area contributed by atoms with E-state index in [1.54, 1.807) is 25.3 Å². The van der Waals surface area contributed by atoms with Crippen LogP contribution in [0.5, 0.6) is 5.75 Å². The Morgan fingerprint density at radius 2 is 2.20 bits per heavy atom. The number of nitriles is 1. The van der Waals surface area contributed by atoms with E-state index in [2.05, 4.69) is 15.9 Å². The number of hydrogen-bond donors (Lipinski definition) is 0. The van der Waals surface area contributed by atoms with Crippen LogP contribution >= 0.6 is 15.9 Å². The van der Waals surface area contributed by atoms with E-state index < -0.39 is 5.92 Å². The van der Waals surface area contributed by atoms with Gasteiger partial charge in [-0.05, 0) is 46.1 Å². The van der Waals surface area contributed by atoms with Crippen molar-refractivity contribution in [3.63, 3.8) is 0 Å². The highest BCUT2D eigenvalue weighted by atomic mass is 79.9. The van der Waals surface area contributed by atoms with Crippen molar-refractivity contribution in [1.82, 2.24) is 0 Å². The number of nitrogens with zero attached hydrogens (tertiary/aromatic N) is 1. The second kappa shape index (κ2) is 5.93. The molecule has 0 bridgehead atoms. The quantitative estimate of drug-likeness (QED) is 0.797. The van der Waals surface area contributed by atoms with Gasteiger partial charge in [0.1, 0.15) is 11.7 Å². The number of aryl methyl sites for hydroxylation is 1. The van der Waals surface area contributed by atoms with Gasteiger partial charge < -0.3 is 9.15 Å². The van der Waals surface area contributed by atoms with Gasteiger partial charge in [-0.2, -0.15) is 5.26 Å². The zero-order valence-corrected chi connectivity index (χ0v) is 12.6. The summed E-state index contributed by atoms with van der Waals surface area (Å²) in [7, 11) is 1.56. The fourth-order valence-electron chi connectivity index (χ4n) is 1.93. The molecule has 0 spiro atoms. The largest absolute Gasteiger partial charge is 0.496 e. The third kappa shape index (κ3) is 2.61. The van der Waals surface area contributed by atoms with Crippen LogP contribution in [0, 0.1) is 18.3 Å². The molecule has 1 aromatic carbocycles. The normalized spacial score (nSPS) is 11.7. The molecule has 102 valence electrons. The standard InChI is InChI=1S/C15H12BrNO3/c1-9-3-4-10(7-13(9)19-2)12(8-17)14(18)11-5-6-20-15(11)16/h3-7,12H,1-2H3. The van der Waals surface area contributed by atoms with Crippen molar-refractivity contribution in [1.29, 1.82) is 5.26 Å². The van der Waals surface area contributed by atoms with Crippen LogP contribution in [-0.2, 0) is 0 Å². The summed E-state index contributed by atoms with van der Waals surface area (Å²) in [6.45, 7) is 1.90. The summed E-state index contributed by atoms with van der Waals surface area (Å²) in [4.78, 5) is 12.4. The molecular formula is C15H12BrNO3. The van der Waals surface area contributed by atoms with E-state index in [0.29, 0.717) is 21.5 Å². The third-order valence-electron chi connectivity index (χ3n) is 3.04. The molecule has 2 aromatic rings. The highest BCUT2D eigenvalue weighted by Crippen LogP contribution is 2.29. The molecule has 0 fully saturated rings. The molecule has 5 heteroatoms. The molecule has 0 aliphatic carbocycles. The molecular weight excluding hydrogens is 322 g/mol. The van der Waals surface area contributed by atoms with Gasteiger partial charge in [0, 0.05) is 0 Å².